The van der Waals surface area contributed by atoms with Crippen molar-refractivity contribution in [2.75, 3.05) is 18.4 Å². The highest BCUT2D eigenvalue weighted by atomic mass is 16.5. The van der Waals surface area contributed by atoms with Gasteiger partial charge in [-0.1, -0.05) is 6.07 Å². The average molecular weight is 355 g/mol. The number of nitrogens with one attached hydrogen (secondary N) is 1. The molecule has 1 saturated heterocycles. The Morgan fingerprint density at radius 2 is 2.08 bits per heavy atom. The van der Waals surface area contributed by atoms with Gasteiger partial charge in [-0.05, 0) is 43.5 Å². The molecule has 2 N–H and O–H groups in total. The van der Waals surface area contributed by atoms with Gasteiger partial charge in [0, 0.05) is 37.1 Å². The summed E-state index contributed by atoms with van der Waals surface area (Å²) in [7, 11) is 0. The summed E-state index contributed by atoms with van der Waals surface area (Å²) in [5, 5.41) is 11.9. The molecule has 2 heterocycles. The van der Waals surface area contributed by atoms with Gasteiger partial charge in [0.25, 0.3) is 0 Å². The number of rotatable bonds is 4. The Bertz CT molecular complexity index is 837. The number of hydrogen-bond donors (Lipinski definition) is 2. The van der Waals surface area contributed by atoms with Crippen molar-refractivity contribution in [3.63, 3.8) is 0 Å². The van der Waals surface area contributed by atoms with Gasteiger partial charge in [-0.15, -0.1) is 0 Å². The molecule has 1 fully saturated rings. The van der Waals surface area contributed by atoms with E-state index < -0.39 is 11.9 Å². The number of aromatic nitrogens is 1. The van der Waals surface area contributed by atoms with E-state index in [1.807, 2.05) is 32.0 Å². The number of carboxylic acid groups (broad SMARTS) is 1. The summed E-state index contributed by atoms with van der Waals surface area (Å²) in [5.41, 5.74) is 2.54. The SMILES string of the molecule is Cc1ccnc(Oc2cc(NC(=O)N3CCC(C(=O)O)C3)ccc2C)c1. The highest BCUT2D eigenvalue weighted by Crippen LogP contribution is 2.28. The Labute approximate surface area is 151 Å². The van der Waals surface area contributed by atoms with Crippen molar-refractivity contribution in [3.05, 3.63) is 47.7 Å². The normalized spacial score (nSPS) is 16.4. The standard InChI is InChI=1S/C19H21N3O4/c1-12-5-7-20-17(9-12)26-16-10-15(4-3-13(16)2)21-19(25)22-8-6-14(11-22)18(23)24/h3-5,7,9-10,14H,6,8,11H2,1-2H3,(H,21,25)(H,23,24). The van der Waals surface area contributed by atoms with Crippen molar-refractivity contribution in [2.24, 2.45) is 5.92 Å². The number of carbonyl (C=O) groups is 2. The number of ether oxygens (including phenoxy) is 1. The van der Waals surface area contributed by atoms with Crippen LogP contribution in [0.2, 0.25) is 0 Å². The van der Waals surface area contributed by atoms with Gasteiger partial charge >= 0.3 is 12.0 Å². The number of carboxylic acids is 1. The quantitative estimate of drug-likeness (QED) is 0.877. The number of pyridine rings is 1. The molecule has 1 aromatic heterocycles. The lowest BCUT2D eigenvalue weighted by Crippen LogP contribution is -2.33. The van der Waals surface area contributed by atoms with Crippen LogP contribution in [0.4, 0.5) is 10.5 Å². The number of amides is 2. The highest BCUT2D eigenvalue weighted by Gasteiger charge is 2.30. The molecule has 2 amide bonds. The molecule has 1 unspecified atom stereocenters. The maximum absolute atomic E-state index is 12.4. The van der Waals surface area contributed by atoms with E-state index in [4.69, 9.17) is 9.84 Å². The van der Waals surface area contributed by atoms with Crippen LogP contribution in [-0.4, -0.2) is 40.1 Å². The zero-order valence-corrected chi connectivity index (χ0v) is 14.7. The van der Waals surface area contributed by atoms with Crippen LogP contribution >= 0.6 is 0 Å². The summed E-state index contributed by atoms with van der Waals surface area (Å²) >= 11 is 0. The number of aryl methyl sites for hydroxylation is 2. The first-order valence-corrected chi connectivity index (χ1v) is 8.42. The largest absolute Gasteiger partial charge is 0.481 e. The summed E-state index contributed by atoms with van der Waals surface area (Å²) in [6.45, 7) is 4.53. The van der Waals surface area contributed by atoms with E-state index >= 15 is 0 Å². The molecule has 1 atom stereocenters. The van der Waals surface area contributed by atoms with Crippen molar-refractivity contribution in [1.29, 1.82) is 0 Å². The first-order valence-electron chi connectivity index (χ1n) is 8.42. The minimum atomic E-state index is -0.864. The molecule has 1 aromatic carbocycles. The average Bonchev–Trinajstić information content (AvgIpc) is 3.08. The van der Waals surface area contributed by atoms with Crippen LogP contribution in [-0.2, 0) is 4.79 Å². The second-order valence-corrected chi connectivity index (χ2v) is 6.45. The van der Waals surface area contributed by atoms with Crippen molar-refractivity contribution in [3.8, 4) is 11.6 Å². The summed E-state index contributed by atoms with van der Waals surface area (Å²) < 4.78 is 5.83. The lowest BCUT2D eigenvalue weighted by atomic mass is 10.1. The molecule has 0 spiro atoms. The van der Waals surface area contributed by atoms with Crippen molar-refractivity contribution in [1.82, 2.24) is 9.88 Å². The van der Waals surface area contributed by atoms with Crippen LogP contribution in [0.1, 0.15) is 17.5 Å². The topological polar surface area (TPSA) is 91.8 Å². The monoisotopic (exact) mass is 355 g/mol. The predicted molar refractivity (Wildman–Crippen MR) is 96.6 cm³/mol. The molecular weight excluding hydrogens is 334 g/mol. The summed E-state index contributed by atoms with van der Waals surface area (Å²) in [6, 6.07) is 8.79. The molecule has 0 radical (unpaired) electrons. The van der Waals surface area contributed by atoms with Gasteiger partial charge in [-0.2, -0.15) is 0 Å². The molecule has 136 valence electrons. The Morgan fingerprint density at radius 3 is 2.77 bits per heavy atom. The van der Waals surface area contributed by atoms with E-state index in [1.54, 1.807) is 18.3 Å². The van der Waals surface area contributed by atoms with E-state index in [9.17, 15) is 9.59 Å². The zero-order valence-electron chi connectivity index (χ0n) is 14.7. The maximum Gasteiger partial charge on any atom is 0.321 e. The predicted octanol–water partition coefficient (Wildman–Crippen LogP) is 3.43. The van der Waals surface area contributed by atoms with Crippen molar-refractivity contribution < 1.29 is 19.4 Å². The van der Waals surface area contributed by atoms with Crippen LogP contribution in [0.5, 0.6) is 11.6 Å². The second kappa shape index (κ2) is 7.43. The Morgan fingerprint density at radius 1 is 1.27 bits per heavy atom. The fraction of sp³-hybridized carbons (Fsp3) is 0.316. The molecule has 0 aliphatic carbocycles. The van der Waals surface area contributed by atoms with Gasteiger partial charge in [-0.3, -0.25) is 4.79 Å². The first-order chi connectivity index (χ1) is 12.4. The van der Waals surface area contributed by atoms with Crippen LogP contribution < -0.4 is 10.1 Å². The molecule has 2 aromatic rings. The van der Waals surface area contributed by atoms with Gasteiger partial charge in [0.1, 0.15) is 5.75 Å². The van der Waals surface area contributed by atoms with Gasteiger partial charge in [-0.25, -0.2) is 9.78 Å². The van der Waals surface area contributed by atoms with E-state index in [1.165, 1.54) is 4.90 Å². The maximum atomic E-state index is 12.4. The van der Waals surface area contributed by atoms with Crippen LogP contribution in [0.15, 0.2) is 36.5 Å². The summed E-state index contributed by atoms with van der Waals surface area (Å²) in [6.07, 6.45) is 2.15. The van der Waals surface area contributed by atoms with Crippen LogP contribution in [0.3, 0.4) is 0 Å². The number of hydrogen-bond acceptors (Lipinski definition) is 4. The van der Waals surface area contributed by atoms with Crippen LogP contribution in [0.25, 0.3) is 0 Å². The fourth-order valence-electron chi connectivity index (χ4n) is 2.81. The number of carbonyl (C=O) groups excluding carboxylic acids is 1. The fourth-order valence-corrected chi connectivity index (χ4v) is 2.81. The van der Waals surface area contributed by atoms with E-state index in [0.717, 1.165) is 11.1 Å². The third-order valence-corrected chi connectivity index (χ3v) is 4.37. The molecule has 0 bridgehead atoms. The molecule has 7 heteroatoms. The Kier molecular flexibility index (Phi) is 5.06. The lowest BCUT2D eigenvalue weighted by Gasteiger charge is -2.17. The number of aliphatic carboxylic acids is 1. The third-order valence-electron chi connectivity index (χ3n) is 4.37. The summed E-state index contributed by atoms with van der Waals surface area (Å²) in [5.74, 6) is -0.270. The number of nitrogens with zero attached hydrogens (tertiary/aromatic N) is 2. The van der Waals surface area contributed by atoms with Gasteiger partial charge in [0.05, 0.1) is 5.92 Å². The number of anilines is 1. The van der Waals surface area contributed by atoms with Crippen molar-refractivity contribution in [2.45, 2.75) is 20.3 Å². The molecular formula is C19H21N3O4. The minimum absolute atomic E-state index is 0.226. The van der Waals surface area contributed by atoms with E-state index in [2.05, 4.69) is 10.3 Å². The van der Waals surface area contributed by atoms with Crippen LogP contribution in [0, 0.1) is 19.8 Å². The van der Waals surface area contributed by atoms with E-state index in [0.29, 0.717) is 30.3 Å². The molecule has 1 aliphatic heterocycles. The molecule has 0 saturated carbocycles. The smallest absolute Gasteiger partial charge is 0.321 e. The van der Waals surface area contributed by atoms with Gasteiger partial charge < -0.3 is 20.1 Å². The Balaban J connectivity index is 1.69. The third kappa shape index (κ3) is 4.11. The van der Waals surface area contributed by atoms with Gasteiger partial charge in [0.2, 0.25) is 5.88 Å². The molecule has 1 aliphatic rings. The molecule has 7 nitrogen and oxygen atoms in total. The number of benzene rings is 1. The highest BCUT2D eigenvalue weighted by molar-refractivity contribution is 5.90. The Hall–Kier alpha value is -3.09. The van der Waals surface area contributed by atoms with E-state index in [-0.39, 0.29) is 12.6 Å². The second-order valence-electron chi connectivity index (χ2n) is 6.45. The van der Waals surface area contributed by atoms with Gasteiger partial charge in [0.15, 0.2) is 0 Å². The lowest BCUT2D eigenvalue weighted by molar-refractivity contribution is -0.141. The number of urea groups is 1. The summed E-state index contributed by atoms with van der Waals surface area (Å²) in [4.78, 5) is 29.1. The first kappa shape index (κ1) is 17.7. The van der Waals surface area contributed by atoms with Crippen molar-refractivity contribution >= 4 is 17.7 Å². The zero-order chi connectivity index (χ0) is 18.7. The molecule has 26 heavy (non-hydrogen) atoms. The minimum Gasteiger partial charge on any atom is -0.481 e. The molecule has 3 rings (SSSR count). The number of likely N-dealkylation sites (tertiary alicyclic amines) is 1.